The number of benzene rings is 1. The standard InChI is InChI=1S/C19H32N2/c1-14(13-18-7-6-12-20-18)21-15(2)16-8-10-17(11-9-16)19(3,4)5/h8-11,14-15,18,20-21H,6-7,12-13H2,1-5H3. The third-order valence-electron chi connectivity index (χ3n) is 4.61. The summed E-state index contributed by atoms with van der Waals surface area (Å²) in [5, 5.41) is 7.33. The molecule has 1 aliphatic heterocycles. The number of hydrogen-bond donors (Lipinski definition) is 2. The van der Waals surface area contributed by atoms with E-state index in [-0.39, 0.29) is 5.41 Å². The van der Waals surface area contributed by atoms with Gasteiger partial charge in [-0.05, 0) is 56.2 Å². The number of rotatable bonds is 5. The lowest BCUT2D eigenvalue weighted by Crippen LogP contribution is -2.35. The van der Waals surface area contributed by atoms with Crippen LogP contribution in [0.15, 0.2) is 24.3 Å². The summed E-state index contributed by atoms with van der Waals surface area (Å²) < 4.78 is 0. The fourth-order valence-electron chi connectivity index (χ4n) is 3.25. The van der Waals surface area contributed by atoms with Crippen molar-refractivity contribution in [1.29, 1.82) is 0 Å². The van der Waals surface area contributed by atoms with Gasteiger partial charge in [0.15, 0.2) is 0 Å². The van der Waals surface area contributed by atoms with Crippen LogP contribution in [0.5, 0.6) is 0 Å². The molecule has 0 saturated carbocycles. The molecule has 0 radical (unpaired) electrons. The van der Waals surface area contributed by atoms with Crippen molar-refractivity contribution in [2.24, 2.45) is 0 Å². The summed E-state index contributed by atoms with van der Waals surface area (Å²) in [6.07, 6.45) is 3.90. The minimum atomic E-state index is 0.233. The van der Waals surface area contributed by atoms with Gasteiger partial charge in [-0.15, -0.1) is 0 Å². The molecule has 21 heavy (non-hydrogen) atoms. The van der Waals surface area contributed by atoms with Gasteiger partial charge < -0.3 is 10.6 Å². The lowest BCUT2D eigenvalue weighted by atomic mass is 9.86. The Balaban J connectivity index is 1.88. The van der Waals surface area contributed by atoms with Gasteiger partial charge in [-0.2, -0.15) is 0 Å². The zero-order chi connectivity index (χ0) is 15.5. The molecule has 1 fully saturated rings. The second kappa shape index (κ2) is 6.93. The zero-order valence-electron chi connectivity index (χ0n) is 14.4. The molecule has 2 nitrogen and oxygen atoms in total. The van der Waals surface area contributed by atoms with E-state index < -0.39 is 0 Å². The maximum absolute atomic E-state index is 3.74. The van der Waals surface area contributed by atoms with Gasteiger partial charge in [0.2, 0.25) is 0 Å². The van der Waals surface area contributed by atoms with Gasteiger partial charge in [-0.25, -0.2) is 0 Å². The SMILES string of the molecule is CC(CC1CCCN1)NC(C)c1ccc(C(C)(C)C)cc1. The van der Waals surface area contributed by atoms with Crippen LogP contribution in [-0.2, 0) is 5.41 Å². The quantitative estimate of drug-likeness (QED) is 0.850. The van der Waals surface area contributed by atoms with Crippen molar-refractivity contribution < 1.29 is 0 Å². The van der Waals surface area contributed by atoms with E-state index in [0.29, 0.717) is 18.1 Å². The monoisotopic (exact) mass is 288 g/mol. The van der Waals surface area contributed by atoms with Crippen LogP contribution in [-0.4, -0.2) is 18.6 Å². The molecular formula is C19H32N2. The van der Waals surface area contributed by atoms with Gasteiger partial charge in [0.05, 0.1) is 0 Å². The van der Waals surface area contributed by atoms with Gasteiger partial charge in [0.1, 0.15) is 0 Å². The van der Waals surface area contributed by atoms with Crippen molar-refractivity contribution in [3.05, 3.63) is 35.4 Å². The molecule has 0 spiro atoms. The van der Waals surface area contributed by atoms with Crippen LogP contribution < -0.4 is 10.6 Å². The van der Waals surface area contributed by atoms with E-state index in [2.05, 4.69) is 69.5 Å². The summed E-state index contributed by atoms with van der Waals surface area (Å²) in [6, 6.07) is 10.8. The highest BCUT2D eigenvalue weighted by molar-refractivity contribution is 5.29. The summed E-state index contributed by atoms with van der Waals surface area (Å²) >= 11 is 0. The molecule has 0 amide bonds. The Morgan fingerprint density at radius 2 is 1.86 bits per heavy atom. The summed E-state index contributed by atoms with van der Waals surface area (Å²) in [7, 11) is 0. The van der Waals surface area contributed by atoms with Gasteiger partial charge in [-0.1, -0.05) is 45.0 Å². The molecule has 2 heteroatoms. The van der Waals surface area contributed by atoms with Crippen molar-refractivity contribution in [1.82, 2.24) is 10.6 Å². The molecule has 1 aliphatic rings. The average molecular weight is 288 g/mol. The highest BCUT2D eigenvalue weighted by Crippen LogP contribution is 2.24. The molecule has 1 aromatic carbocycles. The molecule has 2 rings (SSSR count). The van der Waals surface area contributed by atoms with Crippen LogP contribution >= 0.6 is 0 Å². The maximum Gasteiger partial charge on any atom is 0.0294 e. The van der Waals surface area contributed by atoms with E-state index in [9.17, 15) is 0 Å². The third kappa shape index (κ3) is 4.82. The Hall–Kier alpha value is -0.860. The molecule has 118 valence electrons. The average Bonchev–Trinajstić information content (AvgIpc) is 2.90. The Morgan fingerprint density at radius 3 is 2.38 bits per heavy atom. The maximum atomic E-state index is 3.74. The molecule has 2 N–H and O–H groups in total. The molecule has 1 heterocycles. The lowest BCUT2D eigenvalue weighted by molar-refractivity contribution is 0.407. The molecule has 0 aliphatic carbocycles. The Bertz CT molecular complexity index is 424. The topological polar surface area (TPSA) is 24.1 Å². The smallest absolute Gasteiger partial charge is 0.0294 e. The van der Waals surface area contributed by atoms with Crippen LogP contribution in [0.25, 0.3) is 0 Å². The Labute approximate surface area is 130 Å². The molecular weight excluding hydrogens is 256 g/mol. The molecule has 1 aromatic rings. The van der Waals surface area contributed by atoms with Gasteiger partial charge in [-0.3, -0.25) is 0 Å². The van der Waals surface area contributed by atoms with Crippen molar-refractivity contribution >= 4 is 0 Å². The molecule has 0 aromatic heterocycles. The summed E-state index contributed by atoms with van der Waals surface area (Å²) in [6.45, 7) is 12.6. The van der Waals surface area contributed by atoms with Crippen molar-refractivity contribution in [3.8, 4) is 0 Å². The van der Waals surface area contributed by atoms with E-state index in [4.69, 9.17) is 0 Å². The van der Waals surface area contributed by atoms with Crippen LogP contribution in [0, 0.1) is 0 Å². The van der Waals surface area contributed by atoms with Crippen LogP contribution in [0.4, 0.5) is 0 Å². The largest absolute Gasteiger partial charge is 0.314 e. The lowest BCUT2D eigenvalue weighted by Gasteiger charge is -2.24. The predicted octanol–water partition coefficient (Wildman–Crippen LogP) is 4.17. The van der Waals surface area contributed by atoms with Gasteiger partial charge in [0, 0.05) is 18.1 Å². The number of nitrogens with one attached hydrogen (secondary N) is 2. The van der Waals surface area contributed by atoms with Gasteiger partial charge >= 0.3 is 0 Å². The fourth-order valence-corrected chi connectivity index (χ4v) is 3.25. The molecule has 3 unspecified atom stereocenters. The first-order chi connectivity index (χ1) is 9.86. The first-order valence-corrected chi connectivity index (χ1v) is 8.46. The second-order valence-electron chi connectivity index (χ2n) is 7.69. The van der Waals surface area contributed by atoms with E-state index in [0.717, 1.165) is 0 Å². The molecule has 0 bridgehead atoms. The first-order valence-electron chi connectivity index (χ1n) is 8.46. The van der Waals surface area contributed by atoms with Crippen molar-refractivity contribution in [3.63, 3.8) is 0 Å². The molecule has 1 saturated heterocycles. The van der Waals surface area contributed by atoms with E-state index in [1.807, 2.05) is 0 Å². The normalized spacial score (nSPS) is 22.2. The summed E-state index contributed by atoms with van der Waals surface area (Å²) in [5.74, 6) is 0. The Kier molecular flexibility index (Phi) is 5.45. The summed E-state index contributed by atoms with van der Waals surface area (Å²) in [4.78, 5) is 0. The molecule has 3 atom stereocenters. The minimum absolute atomic E-state index is 0.233. The predicted molar refractivity (Wildman–Crippen MR) is 91.8 cm³/mol. The van der Waals surface area contributed by atoms with Crippen LogP contribution in [0.1, 0.15) is 71.0 Å². The van der Waals surface area contributed by atoms with Gasteiger partial charge in [0.25, 0.3) is 0 Å². The minimum Gasteiger partial charge on any atom is -0.314 e. The van der Waals surface area contributed by atoms with Crippen molar-refractivity contribution in [2.45, 2.75) is 77.4 Å². The highest BCUT2D eigenvalue weighted by atomic mass is 15.0. The van der Waals surface area contributed by atoms with Crippen molar-refractivity contribution in [2.75, 3.05) is 6.54 Å². The van der Waals surface area contributed by atoms with E-state index in [1.165, 1.54) is 36.9 Å². The second-order valence-corrected chi connectivity index (χ2v) is 7.69. The number of hydrogen-bond acceptors (Lipinski definition) is 2. The van der Waals surface area contributed by atoms with Crippen LogP contribution in [0.3, 0.4) is 0 Å². The Morgan fingerprint density at radius 1 is 1.19 bits per heavy atom. The summed E-state index contributed by atoms with van der Waals surface area (Å²) in [5.41, 5.74) is 3.02. The zero-order valence-corrected chi connectivity index (χ0v) is 14.4. The van der Waals surface area contributed by atoms with Crippen LogP contribution in [0.2, 0.25) is 0 Å². The van der Waals surface area contributed by atoms with E-state index >= 15 is 0 Å². The van der Waals surface area contributed by atoms with E-state index in [1.54, 1.807) is 0 Å². The first kappa shape index (κ1) is 16.5. The fraction of sp³-hybridized carbons (Fsp3) is 0.684. The third-order valence-corrected chi connectivity index (χ3v) is 4.61. The highest BCUT2D eigenvalue weighted by Gasteiger charge is 2.19.